The second-order valence-corrected chi connectivity index (χ2v) is 7.70. The van der Waals surface area contributed by atoms with E-state index >= 15 is 0 Å². The zero-order chi connectivity index (χ0) is 21.3. The topological polar surface area (TPSA) is 78.5 Å². The summed E-state index contributed by atoms with van der Waals surface area (Å²) in [6.45, 7) is 5.24. The van der Waals surface area contributed by atoms with Crippen LogP contribution in [-0.4, -0.2) is 84.2 Å². The Balaban J connectivity index is 1.60. The monoisotopic (exact) mass is 422 g/mol. The highest BCUT2D eigenvalue weighted by Gasteiger charge is 2.30. The summed E-state index contributed by atoms with van der Waals surface area (Å²) >= 11 is 0. The minimum absolute atomic E-state index is 0.0918. The Labute approximate surface area is 178 Å². The fourth-order valence-corrected chi connectivity index (χ4v) is 4.06. The number of likely N-dealkylation sites (tertiary alicyclic amines) is 1. The molecule has 0 aromatic heterocycles. The molecule has 1 amide bonds. The third-order valence-corrected chi connectivity index (χ3v) is 5.75. The van der Waals surface area contributed by atoms with Crippen LogP contribution in [0.2, 0.25) is 0 Å². The Hall–Kier alpha value is -2.03. The van der Waals surface area contributed by atoms with Gasteiger partial charge in [-0.3, -0.25) is 4.79 Å². The molecule has 1 fully saturated rings. The number of rotatable bonds is 9. The molecule has 30 heavy (non-hydrogen) atoms. The highest BCUT2D eigenvalue weighted by molar-refractivity contribution is 5.98. The third-order valence-electron chi connectivity index (χ3n) is 5.75. The van der Waals surface area contributed by atoms with Crippen molar-refractivity contribution in [2.75, 3.05) is 67.3 Å². The smallest absolute Gasteiger partial charge is 0.255 e. The summed E-state index contributed by atoms with van der Waals surface area (Å²) in [5, 5.41) is 3.07. The summed E-state index contributed by atoms with van der Waals surface area (Å²) in [5.41, 5.74) is 0.471. The van der Waals surface area contributed by atoms with Crippen molar-refractivity contribution in [2.24, 2.45) is 5.92 Å². The van der Waals surface area contributed by atoms with Gasteiger partial charge >= 0.3 is 0 Å². The predicted octanol–water partition coefficient (Wildman–Crippen LogP) is 1.96. The molecule has 0 aliphatic carbocycles. The molecular weight excluding hydrogens is 388 g/mol. The van der Waals surface area contributed by atoms with Crippen LogP contribution in [0.4, 0.5) is 0 Å². The van der Waals surface area contributed by atoms with Crippen LogP contribution in [0.25, 0.3) is 0 Å². The molecular formula is C22H34N2O6. The van der Waals surface area contributed by atoms with E-state index in [2.05, 4.69) is 10.2 Å². The number of benzene rings is 1. The Morgan fingerprint density at radius 1 is 1.20 bits per heavy atom. The van der Waals surface area contributed by atoms with Crippen molar-refractivity contribution in [2.45, 2.75) is 25.4 Å². The quantitative estimate of drug-likeness (QED) is 0.610. The van der Waals surface area contributed by atoms with Crippen LogP contribution in [0, 0.1) is 5.92 Å². The van der Waals surface area contributed by atoms with Gasteiger partial charge in [-0.15, -0.1) is 0 Å². The second kappa shape index (κ2) is 11.4. The number of ether oxygens (including phenoxy) is 5. The van der Waals surface area contributed by atoms with E-state index in [1.807, 2.05) is 0 Å². The van der Waals surface area contributed by atoms with E-state index in [1.165, 1.54) is 0 Å². The van der Waals surface area contributed by atoms with E-state index in [-0.39, 0.29) is 17.9 Å². The van der Waals surface area contributed by atoms with Gasteiger partial charge in [0.05, 0.1) is 32.0 Å². The maximum absolute atomic E-state index is 13.0. The Morgan fingerprint density at radius 3 is 2.73 bits per heavy atom. The van der Waals surface area contributed by atoms with E-state index in [1.54, 1.807) is 33.5 Å². The summed E-state index contributed by atoms with van der Waals surface area (Å²) in [6, 6.07) is 3.48. The zero-order valence-electron chi connectivity index (χ0n) is 18.3. The van der Waals surface area contributed by atoms with Crippen molar-refractivity contribution in [1.82, 2.24) is 10.2 Å². The van der Waals surface area contributed by atoms with Crippen LogP contribution in [0.15, 0.2) is 12.1 Å². The highest BCUT2D eigenvalue weighted by atomic mass is 16.5. The number of amides is 1. The summed E-state index contributed by atoms with van der Waals surface area (Å²) in [6.07, 6.45) is 2.84. The van der Waals surface area contributed by atoms with E-state index in [0.29, 0.717) is 42.6 Å². The lowest BCUT2D eigenvalue weighted by molar-refractivity contribution is -0.0121. The van der Waals surface area contributed by atoms with Crippen LogP contribution >= 0.6 is 0 Å². The fourth-order valence-electron chi connectivity index (χ4n) is 4.06. The van der Waals surface area contributed by atoms with Gasteiger partial charge in [0.15, 0.2) is 11.5 Å². The van der Waals surface area contributed by atoms with Crippen molar-refractivity contribution in [3.05, 3.63) is 17.7 Å². The predicted molar refractivity (Wildman–Crippen MR) is 113 cm³/mol. The molecule has 1 N–H and O–H groups in total. The van der Waals surface area contributed by atoms with Crippen molar-refractivity contribution >= 4 is 5.91 Å². The molecule has 1 aromatic rings. The first-order valence-corrected chi connectivity index (χ1v) is 10.7. The number of hydrogen-bond donors (Lipinski definition) is 1. The van der Waals surface area contributed by atoms with Crippen LogP contribution in [0.3, 0.4) is 0 Å². The van der Waals surface area contributed by atoms with E-state index in [0.717, 1.165) is 45.5 Å². The first kappa shape index (κ1) is 22.7. The van der Waals surface area contributed by atoms with Crippen molar-refractivity contribution in [1.29, 1.82) is 0 Å². The first-order valence-electron chi connectivity index (χ1n) is 10.7. The van der Waals surface area contributed by atoms with Crippen molar-refractivity contribution in [3.63, 3.8) is 0 Å². The lowest BCUT2D eigenvalue weighted by Gasteiger charge is -2.37. The average molecular weight is 423 g/mol. The number of carbonyl (C=O) groups excluding carboxylic acids is 1. The SMILES string of the molecule is COCCCN1CC[C@@H](CNC(=O)c2ccc(OC)c3c2OCCCO3)C(OC)C1. The Kier molecular flexibility index (Phi) is 8.60. The molecule has 2 aliphatic rings. The van der Waals surface area contributed by atoms with E-state index in [4.69, 9.17) is 23.7 Å². The molecule has 168 valence electrons. The molecule has 0 bridgehead atoms. The van der Waals surface area contributed by atoms with Crippen molar-refractivity contribution in [3.8, 4) is 17.2 Å². The Bertz CT molecular complexity index is 698. The number of nitrogens with zero attached hydrogens (tertiary/aromatic N) is 1. The first-order chi connectivity index (χ1) is 14.7. The van der Waals surface area contributed by atoms with Crippen LogP contribution in [0.1, 0.15) is 29.6 Å². The number of hydrogen-bond acceptors (Lipinski definition) is 7. The van der Waals surface area contributed by atoms with Gasteiger partial charge in [0.25, 0.3) is 5.91 Å². The lowest BCUT2D eigenvalue weighted by Crippen LogP contribution is -2.48. The van der Waals surface area contributed by atoms with Gasteiger partial charge in [0.1, 0.15) is 0 Å². The molecule has 2 atom stereocenters. The van der Waals surface area contributed by atoms with E-state index < -0.39 is 0 Å². The number of methoxy groups -OCH3 is 3. The van der Waals surface area contributed by atoms with Gasteiger partial charge in [-0.25, -0.2) is 0 Å². The number of carbonyl (C=O) groups is 1. The second-order valence-electron chi connectivity index (χ2n) is 7.70. The van der Waals surface area contributed by atoms with Gasteiger partial charge in [-0.05, 0) is 31.5 Å². The summed E-state index contributed by atoms with van der Waals surface area (Å²) in [5.74, 6) is 1.63. The standard InChI is InChI=1S/C22H34N2O6/c1-26-11-4-9-24-10-8-16(19(15-24)28-3)14-23-22(25)17-6-7-18(27-2)21-20(17)29-12-5-13-30-21/h6-7,16,19H,4-5,8-15H2,1-3H3,(H,23,25)/t16-,19?/m0/s1. The molecule has 8 nitrogen and oxygen atoms in total. The number of piperidine rings is 1. The van der Waals surface area contributed by atoms with Crippen LogP contribution < -0.4 is 19.5 Å². The van der Waals surface area contributed by atoms with Gasteiger partial charge in [-0.1, -0.05) is 0 Å². The third kappa shape index (κ3) is 5.56. The molecule has 3 rings (SSSR count). The van der Waals surface area contributed by atoms with Gasteiger partial charge in [-0.2, -0.15) is 0 Å². The molecule has 1 saturated heterocycles. The molecule has 1 aromatic carbocycles. The molecule has 0 radical (unpaired) electrons. The van der Waals surface area contributed by atoms with E-state index in [9.17, 15) is 4.79 Å². The largest absolute Gasteiger partial charge is 0.493 e. The molecule has 0 saturated carbocycles. The summed E-state index contributed by atoms with van der Waals surface area (Å²) in [4.78, 5) is 15.4. The molecule has 0 spiro atoms. The maximum Gasteiger partial charge on any atom is 0.255 e. The number of nitrogens with one attached hydrogen (secondary N) is 1. The Morgan fingerprint density at radius 2 is 2.00 bits per heavy atom. The van der Waals surface area contributed by atoms with Crippen LogP contribution in [0.5, 0.6) is 17.2 Å². The molecule has 2 aliphatic heterocycles. The minimum atomic E-state index is -0.170. The molecule has 2 heterocycles. The summed E-state index contributed by atoms with van der Waals surface area (Å²) in [7, 11) is 5.05. The fraction of sp³-hybridized carbons (Fsp3) is 0.682. The summed E-state index contributed by atoms with van der Waals surface area (Å²) < 4.78 is 27.8. The average Bonchev–Trinajstić information content (AvgIpc) is 3.03. The van der Waals surface area contributed by atoms with Gasteiger partial charge < -0.3 is 33.9 Å². The minimum Gasteiger partial charge on any atom is -0.493 e. The highest BCUT2D eigenvalue weighted by Crippen LogP contribution is 2.41. The lowest BCUT2D eigenvalue weighted by atomic mass is 9.93. The van der Waals surface area contributed by atoms with Gasteiger partial charge in [0.2, 0.25) is 5.75 Å². The maximum atomic E-state index is 13.0. The number of fused-ring (bicyclic) bond motifs is 1. The van der Waals surface area contributed by atoms with Crippen molar-refractivity contribution < 1.29 is 28.5 Å². The normalized spacial score (nSPS) is 21.7. The zero-order valence-corrected chi connectivity index (χ0v) is 18.3. The molecule has 1 unspecified atom stereocenters. The molecule has 8 heteroatoms. The van der Waals surface area contributed by atoms with Crippen LogP contribution in [-0.2, 0) is 9.47 Å². The van der Waals surface area contributed by atoms with Gasteiger partial charge in [0, 0.05) is 52.8 Å².